The van der Waals surface area contributed by atoms with Crippen LogP contribution in [-0.4, -0.2) is 28.4 Å². The average Bonchev–Trinajstić information content (AvgIpc) is 2.59. The van der Waals surface area contributed by atoms with Crippen molar-refractivity contribution in [1.82, 2.24) is 4.57 Å². The van der Waals surface area contributed by atoms with E-state index in [1.807, 2.05) is 0 Å². The molecule has 0 aliphatic rings. The van der Waals surface area contributed by atoms with E-state index in [-0.39, 0.29) is 23.7 Å². The molecule has 0 bridgehead atoms. The summed E-state index contributed by atoms with van der Waals surface area (Å²) in [6.45, 7) is 1.23. The minimum atomic E-state index is -0.714. The minimum Gasteiger partial charge on any atom is -0.464 e. The first-order valence-electron chi connectivity index (χ1n) is 4.38. The molecular formula is C9H10N2O5. The molecule has 1 aromatic rings. The molecule has 0 unspecified atom stereocenters. The summed E-state index contributed by atoms with van der Waals surface area (Å²) < 4.78 is 5.66. The topological polar surface area (TPSA) is 91.4 Å². The van der Waals surface area contributed by atoms with Gasteiger partial charge in [-0.2, -0.15) is 0 Å². The first kappa shape index (κ1) is 11.9. The molecule has 0 radical (unpaired) electrons. The molecule has 0 aliphatic heterocycles. The van der Waals surface area contributed by atoms with E-state index in [4.69, 9.17) is 0 Å². The van der Waals surface area contributed by atoms with Gasteiger partial charge >= 0.3 is 5.97 Å². The molecule has 1 aromatic heterocycles. The van der Waals surface area contributed by atoms with E-state index < -0.39 is 10.9 Å². The highest BCUT2D eigenvalue weighted by molar-refractivity contribution is 5.89. The SMILES string of the molecule is COC(=O)c1cc([N+](=O)[O-])cn1CC(C)=O. The lowest BCUT2D eigenvalue weighted by molar-refractivity contribution is -0.384. The normalized spacial score (nSPS) is 9.88. The summed E-state index contributed by atoms with van der Waals surface area (Å²) in [5.74, 6) is -0.926. The van der Waals surface area contributed by atoms with Crippen LogP contribution >= 0.6 is 0 Å². The summed E-state index contributed by atoms with van der Waals surface area (Å²) in [5, 5.41) is 10.5. The standard InChI is InChI=1S/C9H10N2O5/c1-6(12)4-10-5-7(11(14)15)3-8(10)9(13)16-2/h3,5H,4H2,1-2H3. The molecule has 0 N–H and O–H groups in total. The van der Waals surface area contributed by atoms with Crippen LogP contribution in [0.2, 0.25) is 0 Å². The first-order valence-corrected chi connectivity index (χ1v) is 4.38. The number of aromatic nitrogens is 1. The molecule has 1 heterocycles. The Kier molecular flexibility index (Phi) is 3.39. The van der Waals surface area contributed by atoms with Gasteiger partial charge in [-0.3, -0.25) is 14.9 Å². The van der Waals surface area contributed by atoms with Gasteiger partial charge in [0.15, 0.2) is 0 Å². The van der Waals surface area contributed by atoms with Crippen molar-refractivity contribution in [3.63, 3.8) is 0 Å². The summed E-state index contributed by atoms with van der Waals surface area (Å²) in [6.07, 6.45) is 1.13. The zero-order valence-electron chi connectivity index (χ0n) is 8.80. The Morgan fingerprint density at radius 2 is 2.19 bits per heavy atom. The number of ketones is 1. The predicted molar refractivity (Wildman–Crippen MR) is 53.1 cm³/mol. The highest BCUT2D eigenvalue weighted by Gasteiger charge is 2.20. The number of Topliss-reactive ketones (excluding diaryl/α,β-unsaturated/α-hetero) is 1. The Hall–Kier alpha value is -2.18. The van der Waals surface area contributed by atoms with Crippen molar-refractivity contribution in [2.75, 3.05) is 7.11 Å². The average molecular weight is 226 g/mol. The number of hydrogen-bond donors (Lipinski definition) is 0. The second-order valence-electron chi connectivity index (χ2n) is 3.16. The van der Waals surface area contributed by atoms with E-state index >= 15 is 0 Å². The van der Waals surface area contributed by atoms with Gasteiger partial charge in [-0.1, -0.05) is 0 Å². The molecule has 0 spiro atoms. The maximum atomic E-state index is 11.3. The zero-order chi connectivity index (χ0) is 12.3. The minimum absolute atomic E-state index is 0.00981. The number of carbonyl (C=O) groups is 2. The molecule has 0 fully saturated rings. The van der Waals surface area contributed by atoms with Gasteiger partial charge in [0.05, 0.1) is 24.8 Å². The van der Waals surface area contributed by atoms with Crippen LogP contribution in [0.3, 0.4) is 0 Å². The zero-order valence-corrected chi connectivity index (χ0v) is 8.80. The fraction of sp³-hybridized carbons (Fsp3) is 0.333. The third-order valence-electron chi connectivity index (χ3n) is 1.88. The van der Waals surface area contributed by atoms with Crippen molar-refractivity contribution in [1.29, 1.82) is 0 Å². The van der Waals surface area contributed by atoms with Crippen LogP contribution in [0.5, 0.6) is 0 Å². The first-order chi connectivity index (χ1) is 7.45. The number of rotatable bonds is 4. The third-order valence-corrected chi connectivity index (χ3v) is 1.88. The highest BCUT2D eigenvalue weighted by Crippen LogP contribution is 2.17. The molecule has 0 atom stereocenters. The number of carbonyl (C=O) groups excluding carboxylic acids is 2. The maximum absolute atomic E-state index is 11.3. The van der Waals surface area contributed by atoms with Crippen LogP contribution in [-0.2, 0) is 16.1 Å². The van der Waals surface area contributed by atoms with E-state index in [9.17, 15) is 19.7 Å². The Bertz CT molecular complexity index is 449. The van der Waals surface area contributed by atoms with E-state index in [0.717, 1.165) is 12.3 Å². The molecule has 16 heavy (non-hydrogen) atoms. The van der Waals surface area contributed by atoms with Gasteiger partial charge in [0.25, 0.3) is 5.69 Å². The summed E-state index contributed by atoms with van der Waals surface area (Å²) in [5.41, 5.74) is -0.258. The Labute approximate surface area is 90.8 Å². The molecule has 86 valence electrons. The second kappa shape index (κ2) is 4.56. The summed E-state index contributed by atoms with van der Waals surface area (Å²) in [4.78, 5) is 32.1. The summed E-state index contributed by atoms with van der Waals surface area (Å²) >= 11 is 0. The number of ether oxygens (including phenoxy) is 1. The highest BCUT2D eigenvalue weighted by atomic mass is 16.6. The lowest BCUT2D eigenvalue weighted by Gasteiger charge is -2.03. The van der Waals surface area contributed by atoms with Crippen molar-refractivity contribution in [2.24, 2.45) is 0 Å². The third kappa shape index (κ3) is 2.44. The van der Waals surface area contributed by atoms with Crippen molar-refractivity contribution in [3.8, 4) is 0 Å². The summed E-state index contributed by atoms with van der Waals surface area (Å²) in [6, 6.07) is 1.08. The molecule has 0 aromatic carbocycles. The monoisotopic (exact) mass is 226 g/mol. The molecule has 7 heteroatoms. The molecular weight excluding hydrogens is 216 g/mol. The number of nitrogens with zero attached hydrogens (tertiary/aromatic N) is 2. The Morgan fingerprint density at radius 1 is 1.56 bits per heavy atom. The van der Waals surface area contributed by atoms with Gasteiger partial charge in [0.2, 0.25) is 0 Å². The largest absolute Gasteiger partial charge is 0.464 e. The van der Waals surface area contributed by atoms with Crippen LogP contribution in [0.4, 0.5) is 5.69 Å². The van der Waals surface area contributed by atoms with Crippen molar-refractivity contribution in [2.45, 2.75) is 13.5 Å². The van der Waals surface area contributed by atoms with Crippen molar-refractivity contribution < 1.29 is 19.2 Å². The lowest BCUT2D eigenvalue weighted by atomic mass is 10.4. The molecule has 0 saturated heterocycles. The van der Waals surface area contributed by atoms with Crippen molar-refractivity contribution in [3.05, 3.63) is 28.1 Å². The van der Waals surface area contributed by atoms with Gasteiger partial charge in [0, 0.05) is 6.07 Å². The Morgan fingerprint density at radius 3 is 2.62 bits per heavy atom. The molecule has 7 nitrogen and oxygen atoms in total. The summed E-state index contributed by atoms with van der Waals surface area (Å²) in [7, 11) is 1.17. The van der Waals surface area contributed by atoms with E-state index in [1.54, 1.807) is 0 Å². The van der Waals surface area contributed by atoms with Crippen LogP contribution in [0.15, 0.2) is 12.3 Å². The molecule has 0 amide bonds. The second-order valence-corrected chi connectivity index (χ2v) is 3.16. The number of methoxy groups -OCH3 is 1. The van der Waals surface area contributed by atoms with Crippen LogP contribution in [0.25, 0.3) is 0 Å². The number of hydrogen-bond acceptors (Lipinski definition) is 5. The fourth-order valence-corrected chi connectivity index (χ4v) is 1.24. The van der Waals surface area contributed by atoms with E-state index in [1.165, 1.54) is 18.6 Å². The fourth-order valence-electron chi connectivity index (χ4n) is 1.24. The molecule has 1 rings (SSSR count). The molecule has 0 saturated carbocycles. The smallest absolute Gasteiger partial charge is 0.354 e. The van der Waals surface area contributed by atoms with Gasteiger partial charge in [-0.15, -0.1) is 0 Å². The lowest BCUT2D eigenvalue weighted by Crippen LogP contribution is -2.13. The Balaban J connectivity index is 3.17. The predicted octanol–water partition coefficient (Wildman–Crippen LogP) is 0.772. The van der Waals surface area contributed by atoms with Crippen molar-refractivity contribution >= 4 is 17.4 Å². The van der Waals surface area contributed by atoms with E-state index in [2.05, 4.69) is 4.74 Å². The van der Waals surface area contributed by atoms with Gasteiger partial charge in [0.1, 0.15) is 11.5 Å². The van der Waals surface area contributed by atoms with Crippen LogP contribution < -0.4 is 0 Å². The van der Waals surface area contributed by atoms with Gasteiger partial charge in [-0.25, -0.2) is 4.79 Å². The van der Waals surface area contributed by atoms with Gasteiger partial charge < -0.3 is 9.30 Å². The van der Waals surface area contributed by atoms with Gasteiger partial charge in [-0.05, 0) is 6.92 Å². The van der Waals surface area contributed by atoms with E-state index in [0.29, 0.717) is 0 Å². The maximum Gasteiger partial charge on any atom is 0.354 e. The molecule has 0 aliphatic carbocycles. The van der Waals surface area contributed by atoms with Crippen LogP contribution in [0.1, 0.15) is 17.4 Å². The quantitative estimate of drug-likeness (QED) is 0.429. The number of esters is 1. The number of nitro groups is 1. The van der Waals surface area contributed by atoms with Crippen LogP contribution in [0, 0.1) is 10.1 Å².